The molecule has 0 aromatic heterocycles. The van der Waals surface area contributed by atoms with Gasteiger partial charge in [-0.25, -0.2) is 0 Å². The smallest absolute Gasteiger partial charge is 0.387 e. The maximum Gasteiger partial charge on any atom is 0.387 e. The maximum absolute atomic E-state index is 12.4. The lowest BCUT2D eigenvalue weighted by atomic mass is 9.99. The number of alkyl halides is 2. The van der Waals surface area contributed by atoms with Crippen LogP contribution in [0, 0.1) is 0 Å². The Morgan fingerprint density at radius 2 is 2.13 bits per heavy atom. The summed E-state index contributed by atoms with van der Waals surface area (Å²) >= 11 is 0. The first-order valence-corrected chi connectivity index (χ1v) is 8.19. The molecule has 1 aliphatic heterocycles. The second-order valence-electron chi connectivity index (χ2n) is 5.72. The zero-order valence-electron chi connectivity index (χ0n) is 13.5. The van der Waals surface area contributed by atoms with Gasteiger partial charge in [-0.2, -0.15) is 8.78 Å². The molecule has 1 N–H and O–H groups in total. The third kappa shape index (κ3) is 5.32. The Hall–Kier alpha value is -1.40. The van der Waals surface area contributed by atoms with E-state index in [9.17, 15) is 13.9 Å². The monoisotopic (exact) mass is 329 g/mol. The van der Waals surface area contributed by atoms with Crippen LogP contribution >= 0.6 is 0 Å². The highest BCUT2D eigenvalue weighted by molar-refractivity contribution is 5.43. The van der Waals surface area contributed by atoms with Gasteiger partial charge in [0.2, 0.25) is 0 Å². The van der Waals surface area contributed by atoms with Gasteiger partial charge in [-0.1, -0.05) is 12.5 Å². The summed E-state index contributed by atoms with van der Waals surface area (Å²) in [4.78, 5) is 2.35. The topological polar surface area (TPSA) is 41.9 Å². The summed E-state index contributed by atoms with van der Waals surface area (Å²) in [5.41, 5.74) is 1.000. The van der Waals surface area contributed by atoms with E-state index in [0.717, 1.165) is 37.9 Å². The summed E-state index contributed by atoms with van der Waals surface area (Å²) in [6.07, 6.45) is 4.19. The summed E-state index contributed by atoms with van der Waals surface area (Å²) in [6, 6.07) is 5.48. The van der Waals surface area contributed by atoms with Gasteiger partial charge < -0.3 is 14.6 Å². The maximum atomic E-state index is 12.4. The number of halogens is 2. The Morgan fingerprint density at radius 3 is 2.83 bits per heavy atom. The van der Waals surface area contributed by atoms with Crippen molar-refractivity contribution in [2.75, 3.05) is 19.8 Å². The lowest BCUT2D eigenvalue weighted by Crippen LogP contribution is -2.39. The molecule has 0 spiro atoms. The van der Waals surface area contributed by atoms with Gasteiger partial charge in [-0.05, 0) is 50.4 Å². The van der Waals surface area contributed by atoms with E-state index >= 15 is 0 Å². The number of aliphatic hydroxyl groups is 1. The van der Waals surface area contributed by atoms with Crippen molar-refractivity contribution in [3.05, 3.63) is 23.8 Å². The Bertz CT molecular complexity index is 483. The molecule has 1 saturated heterocycles. The molecule has 130 valence electrons. The van der Waals surface area contributed by atoms with E-state index in [4.69, 9.17) is 4.74 Å². The Labute approximate surface area is 136 Å². The van der Waals surface area contributed by atoms with Crippen LogP contribution in [0.5, 0.6) is 11.5 Å². The van der Waals surface area contributed by atoms with Crippen LogP contribution in [0.15, 0.2) is 18.2 Å². The average Bonchev–Trinajstić information content (AvgIpc) is 2.52. The molecule has 1 unspecified atom stereocenters. The molecule has 0 saturated carbocycles. The van der Waals surface area contributed by atoms with Gasteiger partial charge in [0.25, 0.3) is 0 Å². The SMILES string of the molecule is CCOc1cc(CN2CCCCC2CCO)ccc1OC(F)F. The minimum atomic E-state index is -2.86. The predicted molar refractivity (Wildman–Crippen MR) is 84.0 cm³/mol. The normalized spacial score (nSPS) is 19.1. The van der Waals surface area contributed by atoms with Crippen molar-refractivity contribution in [1.29, 1.82) is 0 Å². The largest absolute Gasteiger partial charge is 0.490 e. The molecule has 0 bridgehead atoms. The molecule has 6 heteroatoms. The Balaban J connectivity index is 2.10. The molecule has 0 amide bonds. The lowest BCUT2D eigenvalue weighted by molar-refractivity contribution is -0.0514. The molecule has 1 aliphatic rings. The van der Waals surface area contributed by atoms with E-state index in [2.05, 4.69) is 9.64 Å². The average molecular weight is 329 g/mol. The van der Waals surface area contributed by atoms with Gasteiger partial charge in [0.1, 0.15) is 0 Å². The second kappa shape index (κ2) is 9.03. The highest BCUT2D eigenvalue weighted by Crippen LogP contribution is 2.31. The molecule has 4 nitrogen and oxygen atoms in total. The third-order valence-electron chi connectivity index (χ3n) is 4.12. The van der Waals surface area contributed by atoms with Crippen LogP contribution in [0.3, 0.4) is 0 Å². The fourth-order valence-corrected chi connectivity index (χ4v) is 3.09. The molecule has 23 heavy (non-hydrogen) atoms. The van der Waals surface area contributed by atoms with Gasteiger partial charge in [-0.15, -0.1) is 0 Å². The van der Waals surface area contributed by atoms with Crippen molar-refractivity contribution in [2.45, 2.75) is 51.8 Å². The highest BCUT2D eigenvalue weighted by Gasteiger charge is 2.22. The Morgan fingerprint density at radius 1 is 1.30 bits per heavy atom. The molecule has 1 aromatic rings. The fraction of sp³-hybridized carbons (Fsp3) is 0.647. The van der Waals surface area contributed by atoms with E-state index in [1.165, 1.54) is 12.5 Å². The number of likely N-dealkylation sites (tertiary alicyclic amines) is 1. The van der Waals surface area contributed by atoms with Crippen LogP contribution in [0.2, 0.25) is 0 Å². The summed E-state index contributed by atoms with van der Waals surface area (Å²) in [5.74, 6) is 0.414. The first-order chi connectivity index (χ1) is 11.1. The van der Waals surface area contributed by atoms with Crippen molar-refractivity contribution in [1.82, 2.24) is 4.90 Å². The Kier molecular flexibility index (Phi) is 7.05. The van der Waals surface area contributed by atoms with Gasteiger partial charge in [-0.3, -0.25) is 4.90 Å². The molecule has 1 heterocycles. The van der Waals surface area contributed by atoms with Crippen LogP contribution in [-0.4, -0.2) is 42.4 Å². The van der Waals surface area contributed by atoms with Crippen molar-refractivity contribution in [3.63, 3.8) is 0 Å². The van der Waals surface area contributed by atoms with Crippen molar-refractivity contribution < 1.29 is 23.4 Å². The lowest BCUT2D eigenvalue weighted by Gasteiger charge is -2.35. The summed E-state index contributed by atoms with van der Waals surface area (Å²) in [7, 11) is 0. The van der Waals surface area contributed by atoms with Crippen LogP contribution in [0.4, 0.5) is 8.78 Å². The van der Waals surface area contributed by atoms with Gasteiger partial charge in [0, 0.05) is 19.2 Å². The van der Waals surface area contributed by atoms with Gasteiger partial charge in [0.15, 0.2) is 11.5 Å². The van der Waals surface area contributed by atoms with E-state index in [-0.39, 0.29) is 12.4 Å². The first-order valence-electron chi connectivity index (χ1n) is 8.19. The summed E-state index contributed by atoms with van der Waals surface area (Å²) in [6.45, 7) is 1.23. The molecule has 2 rings (SSSR count). The van der Waals surface area contributed by atoms with E-state index in [1.807, 2.05) is 0 Å². The fourth-order valence-electron chi connectivity index (χ4n) is 3.09. The van der Waals surface area contributed by atoms with Crippen molar-refractivity contribution in [2.24, 2.45) is 0 Å². The number of hydrogen-bond donors (Lipinski definition) is 1. The number of rotatable bonds is 8. The van der Waals surface area contributed by atoms with Gasteiger partial charge in [0.05, 0.1) is 6.61 Å². The number of benzene rings is 1. The van der Waals surface area contributed by atoms with E-state index in [0.29, 0.717) is 18.4 Å². The molecule has 0 aliphatic carbocycles. The molecule has 1 atom stereocenters. The summed E-state index contributed by atoms with van der Waals surface area (Å²) < 4.78 is 34.8. The molecular weight excluding hydrogens is 304 g/mol. The van der Waals surface area contributed by atoms with Crippen LogP contribution in [-0.2, 0) is 6.54 Å². The number of aliphatic hydroxyl groups excluding tert-OH is 1. The number of hydrogen-bond acceptors (Lipinski definition) is 4. The number of ether oxygens (including phenoxy) is 2. The minimum Gasteiger partial charge on any atom is -0.490 e. The number of nitrogens with zero attached hydrogens (tertiary/aromatic N) is 1. The quantitative estimate of drug-likeness (QED) is 0.793. The third-order valence-corrected chi connectivity index (χ3v) is 4.12. The summed E-state index contributed by atoms with van der Waals surface area (Å²) in [5, 5.41) is 9.20. The zero-order valence-corrected chi connectivity index (χ0v) is 13.5. The molecule has 1 aromatic carbocycles. The molecule has 1 fully saturated rings. The van der Waals surface area contributed by atoms with E-state index in [1.54, 1.807) is 19.1 Å². The number of piperidine rings is 1. The first kappa shape index (κ1) is 17.9. The molecule has 0 radical (unpaired) electrons. The molecular formula is C17H25F2NO3. The van der Waals surface area contributed by atoms with Crippen molar-refractivity contribution in [3.8, 4) is 11.5 Å². The van der Waals surface area contributed by atoms with Crippen LogP contribution in [0.1, 0.15) is 38.2 Å². The standard InChI is InChI=1S/C17H25F2NO3/c1-2-22-16-11-13(6-7-15(16)23-17(18)19)12-20-9-4-3-5-14(20)8-10-21/h6-7,11,14,17,21H,2-5,8-10,12H2,1H3. The van der Waals surface area contributed by atoms with Crippen molar-refractivity contribution >= 4 is 0 Å². The van der Waals surface area contributed by atoms with Gasteiger partial charge >= 0.3 is 6.61 Å². The van der Waals surface area contributed by atoms with E-state index < -0.39 is 6.61 Å². The minimum absolute atomic E-state index is 0.0659. The highest BCUT2D eigenvalue weighted by atomic mass is 19.3. The predicted octanol–water partition coefficient (Wildman–Crippen LogP) is 3.42. The zero-order chi connectivity index (χ0) is 16.7. The van der Waals surface area contributed by atoms with Crippen LogP contribution < -0.4 is 9.47 Å². The van der Waals surface area contributed by atoms with Crippen LogP contribution in [0.25, 0.3) is 0 Å². The second-order valence-corrected chi connectivity index (χ2v) is 5.72.